The Bertz CT molecular complexity index is 1490. The molecule has 180 valence electrons. The van der Waals surface area contributed by atoms with E-state index in [1.807, 2.05) is 43.3 Å². The molecule has 1 aliphatic rings. The van der Waals surface area contributed by atoms with Crippen LogP contribution in [0, 0.1) is 0 Å². The van der Waals surface area contributed by atoms with Crippen LogP contribution in [0.3, 0.4) is 0 Å². The van der Waals surface area contributed by atoms with Crippen LogP contribution in [0.25, 0.3) is 17.0 Å². The zero-order valence-corrected chi connectivity index (χ0v) is 20.9. The van der Waals surface area contributed by atoms with Gasteiger partial charge in [0.15, 0.2) is 5.17 Å². The number of ether oxygens (including phenoxy) is 1. The minimum atomic E-state index is -0.397. The molecule has 0 atom stereocenters. The van der Waals surface area contributed by atoms with Crippen molar-refractivity contribution in [3.05, 3.63) is 107 Å². The zero-order chi connectivity index (χ0) is 25.1. The molecule has 1 saturated heterocycles. The van der Waals surface area contributed by atoms with Crippen LogP contribution in [-0.2, 0) is 16.1 Å². The fraction of sp³-hybridized carbons (Fsp3) is 0.138. The minimum Gasteiger partial charge on any atom is -0.465 e. The number of nitrogens with zero attached hydrogens (tertiary/aromatic N) is 3. The molecule has 0 N–H and O–H groups in total. The third-order valence-electron chi connectivity index (χ3n) is 6.02. The van der Waals surface area contributed by atoms with Crippen LogP contribution in [-0.4, -0.2) is 40.2 Å². The first kappa shape index (κ1) is 23.6. The Morgan fingerprint density at radius 3 is 2.44 bits per heavy atom. The summed E-state index contributed by atoms with van der Waals surface area (Å²) in [6.45, 7) is 3.20. The smallest absolute Gasteiger partial charge is 0.337 e. The highest BCUT2D eigenvalue weighted by atomic mass is 32.2. The lowest BCUT2D eigenvalue weighted by molar-refractivity contribution is -0.122. The molecule has 4 aromatic rings. The molecule has 0 unspecified atom stereocenters. The number of aromatic nitrogens is 1. The van der Waals surface area contributed by atoms with E-state index >= 15 is 0 Å². The summed E-state index contributed by atoms with van der Waals surface area (Å²) in [6.07, 6.45) is 4.07. The number of amides is 1. The van der Waals surface area contributed by atoms with E-state index in [2.05, 4.69) is 40.0 Å². The number of carbonyl (C=O) groups is 2. The number of methoxy groups -OCH3 is 1. The molecule has 5 rings (SSSR count). The summed E-state index contributed by atoms with van der Waals surface area (Å²) >= 11 is 1.36. The van der Waals surface area contributed by atoms with Crippen molar-refractivity contribution in [2.75, 3.05) is 13.7 Å². The summed E-state index contributed by atoms with van der Waals surface area (Å²) in [7, 11) is 1.35. The highest BCUT2D eigenvalue weighted by Crippen LogP contribution is 2.35. The maximum absolute atomic E-state index is 13.2. The lowest BCUT2D eigenvalue weighted by Crippen LogP contribution is -2.28. The molecule has 0 spiro atoms. The van der Waals surface area contributed by atoms with Crippen LogP contribution in [0.1, 0.15) is 28.4 Å². The fourth-order valence-corrected chi connectivity index (χ4v) is 5.27. The Labute approximate surface area is 213 Å². The Morgan fingerprint density at radius 1 is 1.00 bits per heavy atom. The van der Waals surface area contributed by atoms with E-state index in [-0.39, 0.29) is 5.91 Å². The number of hydrogen-bond acceptors (Lipinski definition) is 5. The molecule has 0 radical (unpaired) electrons. The van der Waals surface area contributed by atoms with Crippen molar-refractivity contribution < 1.29 is 14.3 Å². The van der Waals surface area contributed by atoms with Crippen LogP contribution < -0.4 is 0 Å². The van der Waals surface area contributed by atoms with Gasteiger partial charge in [-0.05, 0) is 60.7 Å². The zero-order valence-electron chi connectivity index (χ0n) is 20.0. The highest BCUT2D eigenvalue weighted by molar-refractivity contribution is 8.18. The topological polar surface area (TPSA) is 63.9 Å². The van der Waals surface area contributed by atoms with Crippen LogP contribution in [0.2, 0.25) is 0 Å². The summed E-state index contributed by atoms with van der Waals surface area (Å²) in [5, 5.41) is 1.72. The molecule has 6 nitrogen and oxygen atoms in total. The Kier molecular flexibility index (Phi) is 6.73. The molecule has 1 fully saturated rings. The molecule has 0 aliphatic carbocycles. The molecule has 1 amide bonds. The van der Waals surface area contributed by atoms with Gasteiger partial charge in [0, 0.05) is 35.8 Å². The third kappa shape index (κ3) is 4.70. The first-order chi connectivity index (χ1) is 17.6. The van der Waals surface area contributed by atoms with E-state index in [0.717, 1.165) is 23.0 Å². The standard InChI is InChI=1S/C29H25N3O3S/c1-3-32-27(33)26(36-29(32)30-23-15-13-21(14-16-23)28(34)35-2)17-22-19-31(18-20-9-5-4-6-10-20)25-12-8-7-11-24(22)25/h4-17,19H,3,18H2,1-2H3/b26-17+,30-29?. The van der Waals surface area contributed by atoms with Gasteiger partial charge >= 0.3 is 5.97 Å². The number of thioether (sulfide) groups is 1. The summed E-state index contributed by atoms with van der Waals surface area (Å²) in [5.41, 5.74) is 4.45. The molecule has 0 saturated carbocycles. The molecule has 3 aromatic carbocycles. The van der Waals surface area contributed by atoms with E-state index in [0.29, 0.717) is 27.9 Å². The average Bonchev–Trinajstić information content (AvgIpc) is 3.41. The molecule has 7 heteroatoms. The lowest BCUT2D eigenvalue weighted by Gasteiger charge is -2.12. The van der Waals surface area contributed by atoms with Crippen molar-refractivity contribution in [1.29, 1.82) is 0 Å². The van der Waals surface area contributed by atoms with Gasteiger partial charge in [-0.1, -0.05) is 48.5 Å². The van der Waals surface area contributed by atoms with Crippen molar-refractivity contribution in [2.45, 2.75) is 13.5 Å². The van der Waals surface area contributed by atoms with Crippen LogP contribution in [0.4, 0.5) is 5.69 Å². The first-order valence-electron chi connectivity index (χ1n) is 11.7. The summed E-state index contributed by atoms with van der Waals surface area (Å²) in [4.78, 5) is 31.9. The van der Waals surface area contributed by atoms with Crippen molar-refractivity contribution in [1.82, 2.24) is 9.47 Å². The van der Waals surface area contributed by atoms with Gasteiger partial charge < -0.3 is 9.30 Å². The normalized spacial score (nSPS) is 15.8. The average molecular weight is 496 g/mol. The summed E-state index contributed by atoms with van der Waals surface area (Å²) < 4.78 is 6.97. The second kappa shape index (κ2) is 10.3. The number of aliphatic imine (C=N–C) groups is 1. The van der Waals surface area contributed by atoms with Crippen molar-refractivity contribution in [3.63, 3.8) is 0 Å². The van der Waals surface area contributed by atoms with Gasteiger partial charge in [0.05, 0.1) is 23.3 Å². The Morgan fingerprint density at radius 2 is 1.72 bits per heavy atom. The van der Waals surface area contributed by atoms with Gasteiger partial charge in [-0.2, -0.15) is 0 Å². The molecule has 0 bridgehead atoms. The predicted molar refractivity (Wildman–Crippen MR) is 145 cm³/mol. The highest BCUT2D eigenvalue weighted by Gasteiger charge is 2.32. The number of rotatable bonds is 6. The molecular weight excluding hydrogens is 470 g/mol. The maximum Gasteiger partial charge on any atom is 0.337 e. The van der Waals surface area contributed by atoms with Crippen molar-refractivity contribution >= 4 is 51.5 Å². The first-order valence-corrected chi connectivity index (χ1v) is 12.5. The number of para-hydroxylation sites is 1. The number of esters is 1. The van der Waals surface area contributed by atoms with Crippen LogP contribution in [0.15, 0.2) is 95.0 Å². The van der Waals surface area contributed by atoms with E-state index in [1.165, 1.54) is 24.4 Å². The van der Waals surface area contributed by atoms with Crippen molar-refractivity contribution in [3.8, 4) is 0 Å². The quantitative estimate of drug-likeness (QED) is 0.240. The van der Waals surface area contributed by atoms with Gasteiger partial charge in [0.25, 0.3) is 5.91 Å². The Hall–Kier alpha value is -4.10. The summed E-state index contributed by atoms with van der Waals surface area (Å²) in [6, 6.07) is 25.4. The summed E-state index contributed by atoms with van der Waals surface area (Å²) in [5.74, 6) is -0.459. The van der Waals surface area contributed by atoms with Crippen LogP contribution >= 0.6 is 11.8 Å². The van der Waals surface area contributed by atoms with Crippen LogP contribution in [0.5, 0.6) is 0 Å². The van der Waals surface area contributed by atoms with Gasteiger partial charge in [-0.25, -0.2) is 9.79 Å². The second-order valence-corrected chi connectivity index (χ2v) is 9.32. The van der Waals surface area contributed by atoms with Gasteiger partial charge in [-0.15, -0.1) is 0 Å². The lowest BCUT2D eigenvalue weighted by atomic mass is 10.1. The molecule has 2 heterocycles. The number of amidine groups is 1. The van der Waals surface area contributed by atoms with Gasteiger partial charge in [0.1, 0.15) is 0 Å². The second-order valence-electron chi connectivity index (χ2n) is 8.31. The molecular formula is C29H25N3O3S. The third-order valence-corrected chi connectivity index (χ3v) is 7.03. The van der Waals surface area contributed by atoms with Gasteiger partial charge in [-0.3, -0.25) is 9.69 Å². The maximum atomic E-state index is 13.2. The number of likely N-dealkylation sites (N-methyl/N-ethyl adjacent to an activating group) is 1. The van der Waals surface area contributed by atoms with E-state index in [1.54, 1.807) is 29.2 Å². The van der Waals surface area contributed by atoms with E-state index < -0.39 is 5.97 Å². The monoisotopic (exact) mass is 495 g/mol. The number of fused-ring (bicyclic) bond motifs is 1. The Balaban J connectivity index is 1.47. The largest absolute Gasteiger partial charge is 0.465 e. The predicted octanol–water partition coefficient (Wildman–Crippen LogP) is 6.10. The number of hydrogen-bond donors (Lipinski definition) is 0. The number of carbonyl (C=O) groups excluding carboxylic acids is 2. The van der Waals surface area contributed by atoms with Crippen molar-refractivity contribution in [2.24, 2.45) is 4.99 Å². The molecule has 36 heavy (non-hydrogen) atoms. The number of benzene rings is 3. The van der Waals surface area contributed by atoms with E-state index in [9.17, 15) is 9.59 Å². The van der Waals surface area contributed by atoms with Gasteiger partial charge in [0.2, 0.25) is 0 Å². The SMILES string of the molecule is CCN1C(=O)/C(=C\c2cn(Cc3ccccc3)c3ccccc23)SC1=Nc1ccc(C(=O)OC)cc1. The fourth-order valence-electron chi connectivity index (χ4n) is 4.21. The molecule has 1 aromatic heterocycles. The molecule has 1 aliphatic heterocycles. The van der Waals surface area contributed by atoms with E-state index in [4.69, 9.17) is 4.74 Å². The minimum absolute atomic E-state index is 0.0627.